The Morgan fingerprint density at radius 1 is 1.20 bits per heavy atom. The van der Waals surface area contributed by atoms with Crippen LogP contribution in [-0.2, 0) is 10.0 Å². The summed E-state index contributed by atoms with van der Waals surface area (Å²) in [4.78, 5) is 1.67. The van der Waals surface area contributed by atoms with Crippen LogP contribution in [0.5, 0.6) is 0 Å². The largest absolute Gasteiger partial charge is 0.396 e. The normalized spacial score (nSPS) is 12.3. The molecule has 0 spiro atoms. The minimum Gasteiger partial charge on any atom is -0.396 e. The zero-order chi connectivity index (χ0) is 11.7. The lowest BCUT2D eigenvalue weighted by Gasteiger charge is -2.15. The minimum absolute atomic E-state index is 0.00272. The van der Waals surface area contributed by atoms with Crippen LogP contribution in [0.2, 0.25) is 0 Å². The Kier molecular flexibility index (Phi) is 7.89. The molecule has 0 fully saturated rings. The lowest BCUT2D eigenvalue weighted by molar-refractivity contribution is 0.220. The van der Waals surface area contributed by atoms with Gasteiger partial charge in [-0.3, -0.25) is 4.90 Å². The van der Waals surface area contributed by atoms with Gasteiger partial charge in [0, 0.05) is 13.2 Å². The monoisotopic (exact) mass is 240 g/mol. The van der Waals surface area contributed by atoms with Gasteiger partial charge in [-0.05, 0) is 19.9 Å². The number of unbranched alkanes of at least 4 members (excludes halogenated alkanes) is 1. The number of nitrogens with zero attached hydrogens (tertiary/aromatic N) is 1. The highest BCUT2D eigenvalue weighted by Gasteiger charge is 2.09. The molecule has 0 aliphatic carbocycles. The molecular weight excluding hydrogens is 220 g/mol. The molecule has 0 unspecified atom stereocenters. The lowest BCUT2D eigenvalue weighted by atomic mass is 10.4. The van der Waals surface area contributed by atoms with Gasteiger partial charge in [-0.2, -0.15) is 0 Å². The van der Waals surface area contributed by atoms with E-state index in [1.165, 1.54) is 0 Å². The van der Waals surface area contributed by atoms with Crippen molar-refractivity contribution in [2.45, 2.75) is 12.8 Å². The molecule has 0 aromatic rings. The number of hydrogen-bond donors (Lipinski definition) is 3. The van der Waals surface area contributed by atoms with Crippen LogP contribution in [0.25, 0.3) is 0 Å². The first-order valence-corrected chi connectivity index (χ1v) is 6.54. The summed E-state index contributed by atoms with van der Waals surface area (Å²) >= 11 is 0. The third-order valence-corrected chi connectivity index (χ3v) is 3.25. The molecule has 7 heteroatoms. The topological polar surface area (TPSA) is 89.9 Å². The van der Waals surface area contributed by atoms with E-state index in [1.807, 2.05) is 0 Å². The van der Waals surface area contributed by atoms with Gasteiger partial charge in [-0.25, -0.2) is 13.1 Å². The van der Waals surface area contributed by atoms with Crippen molar-refractivity contribution >= 4 is 10.0 Å². The van der Waals surface area contributed by atoms with Gasteiger partial charge in [-0.1, -0.05) is 0 Å². The summed E-state index contributed by atoms with van der Waals surface area (Å²) in [6.45, 7) is 0.643. The van der Waals surface area contributed by atoms with Crippen molar-refractivity contribution in [2.24, 2.45) is 0 Å². The molecule has 0 amide bonds. The molecule has 0 aromatic carbocycles. The van der Waals surface area contributed by atoms with Crippen LogP contribution in [0.15, 0.2) is 0 Å². The van der Waals surface area contributed by atoms with Crippen LogP contribution in [0, 0.1) is 0 Å². The maximum atomic E-state index is 11.3. The summed E-state index contributed by atoms with van der Waals surface area (Å²) in [5.41, 5.74) is 0. The second kappa shape index (κ2) is 8.00. The van der Waals surface area contributed by atoms with Crippen molar-refractivity contribution in [2.75, 3.05) is 39.2 Å². The van der Waals surface area contributed by atoms with Crippen molar-refractivity contribution in [1.82, 2.24) is 9.62 Å². The van der Waals surface area contributed by atoms with E-state index in [2.05, 4.69) is 4.72 Å². The molecule has 6 nitrogen and oxygen atoms in total. The van der Waals surface area contributed by atoms with E-state index in [0.717, 1.165) is 0 Å². The minimum atomic E-state index is -3.25. The van der Waals surface area contributed by atoms with E-state index in [-0.39, 0.29) is 25.6 Å². The Labute approximate surface area is 91.0 Å². The Morgan fingerprint density at radius 3 is 2.40 bits per heavy atom. The van der Waals surface area contributed by atoms with Crippen LogP contribution in [-0.4, -0.2) is 62.8 Å². The molecule has 0 atom stereocenters. The number of likely N-dealkylation sites (N-methyl/N-ethyl adjacent to an activating group) is 1. The molecule has 0 saturated carbocycles. The molecule has 0 saturated heterocycles. The summed E-state index contributed by atoms with van der Waals surface area (Å²) in [5.74, 6) is 0.0283. The van der Waals surface area contributed by atoms with E-state index in [9.17, 15) is 8.42 Å². The molecule has 0 aliphatic rings. The van der Waals surface area contributed by atoms with Crippen LogP contribution in [0.4, 0.5) is 0 Å². The van der Waals surface area contributed by atoms with E-state index < -0.39 is 10.0 Å². The first-order valence-electron chi connectivity index (χ1n) is 4.89. The Morgan fingerprint density at radius 2 is 1.87 bits per heavy atom. The van der Waals surface area contributed by atoms with Crippen molar-refractivity contribution < 1.29 is 18.6 Å². The SMILES string of the molecule is CN(CCO)CNS(=O)(=O)CCCCO. The number of aliphatic hydroxyl groups excluding tert-OH is 2. The van der Waals surface area contributed by atoms with Crippen molar-refractivity contribution in [3.05, 3.63) is 0 Å². The van der Waals surface area contributed by atoms with Gasteiger partial charge in [0.2, 0.25) is 10.0 Å². The Bertz CT molecular complexity index is 243. The summed E-state index contributed by atoms with van der Waals surface area (Å²) in [7, 11) is -1.54. The Balaban J connectivity index is 3.73. The number of hydrogen-bond acceptors (Lipinski definition) is 5. The van der Waals surface area contributed by atoms with E-state index in [4.69, 9.17) is 10.2 Å². The quantitative estimate of drug-likeness (QED) is 0.339. The number of nitrogens with one attached hydrogen (secondary N) is 1. The summed E-state index contributed by atoms with van der Waals surface area (Å²) < 4.78 is 25.1. The highest BCUT2D eigenvalue weighted by Crippen LogP contribution is 1.93. The van der Waals surface area contributed by atoms with Gasteiger partial charge < -0.3 is 10.2 Å². The number of aliphatic hydroxyl groups is 2. The third-order valence-electron chi connectivity index (χ3n) is 1.86. The zero-order valence-electron chi connectivity index (χ0n) is 9.02. The van der Waals surface area contributed by atoms with Gasteiger partial charge >= 0.3 is 0 Å². The molecule has 0 aliphatic heterocycles. The van der Waals surface area contributed by atoms with Gasteiger partial charge in [0.1, 0.15) is 0 Å². The lowest BCUT2D eigenvalue weighted by Crippen LogP contribution is -2.37. The predicted molar refractivity (Wildman–Crippen MR) is 57.8 cm³/mol. The van der Waals surface area contributed by atoms with Crippen LogP contribution in [0.1, 0.15) is 12.8 Å². The molecular formula is C8H20N2O4S. The zero-order valence-corrected chi connectivity index (χ0v) is 9.83. The van der Waals surface area contributed by atoms with Gasteiger partial charge in [0.05, 0.1) is 19.0 Å². The Hall–Kier alpha value is -0.210. The fourth-order valence-corrected chi connectivity index (χ4v) is 2.08. The second-order valence-corrected chi connectivity index (χ2v) is 5.28. The molecule has 0 bridgehead atoms. The smallest absolute Gasteiger partial charge is 0.212 e. The van der Waals surface area contributed by atoms with Crippen LogP contribution in [0.3, 0.4) is 0 Å². The number of sulfonamides is 1. The van der Waals surface area contributed by atoms with Crippen molar-refractivity contribution in [3.8, 4) is 0 Å². The first-order chi connectivity index (χ1) is 7.02. The van der Waals surface area contributed by atoms with Crippen molar-refractivity contribution in [1.29, 1.82) is 0 Å². The third kappa shape index (κ3) is 8.76. The molecule has 0 heterocycles. The van der Waals surface area contributed by atoms with Gasteiger partial charge in [-0.15, -0.1) is 0 Å². The van der Waals surface area contributed by atoms with Crippen molar-refractivity contribution in [3.63, 3.8) is 0 Å². The maximum Gasteiger partial charge on any atom is 0.212 e. The van der Waals surface area contributed by atoms with E-state index >= 15 is 0 Å². The first kappa shape index (κ1) is 14.8. The summed E-state index contributed by atoms with van der Waals surface area (Å²) in [6.07, 6.45) is 0.947. The second-order valence-electron chi connectivity index (χ2n) is 3.36. The van der Waals surface area contributed by atoms with Crippen LogP contribution < -0.4 is 4.72 Å². The highest BCUT2D eigenvalue weighted by atomic mass is 32.2. The average Bonchev–Trinajstić information content (AvgIpc) is 2.16. The standard InChI is InChI=1S/C8H20N2O4S/c1-10(4-6-12)8-9-15(13,14)7-3-2-5-11/h9,11-12H,2-8H2,1H3. The molecule has 0 rings (SSSR count). The highest BCUT2D eigenvalue weighted by molar-refractivity contribution is 7.89. The number of rotatable bonds is 9. The van der Waals surface area contributed by atoms with E-state index in [0.29, 0.717) is 19.4 Å². The van der Waals surface area contributed by atoms with Crippen LogP contribution >= 0.6 is 0 Å². The van der Waals surface area contributed by atoms with Gasteiger partial charge in [0.15, 0.2) is 0 Å². The van der Waals surface area contributed by atoms with Gasteiger partial charge in [0.25, 0.3) is 0 Å². The predicted octanol–water partition coefficient (Wildman–Crippen LogP) is -1.44. The summed E-state index contributed by atoms with van der Waals surface area (Å²) in [5, 5.41) is 17.1. The summed E-state index contributed by atoms with van der Waals surface area (Å²) in [6, 6.07) is 0. The average molecular weight is 240 g/mol. The fraction of sp³-hybridized carbons (Fsp3) is 1.00. The molecule has 3 N–H and O–H groups in total. The molecule has 0 aromatic heterocycles. The molecule has 0 radical (unpaired) electrons. The maximum absolute atomic E-state index is 11.3. The molecule has 92 valence electrons. The van der Waals surface area contributed by atoms with E-state index in [1.54, 1.807) is 11.9 Å². The fourth-order valence-electron chi connectivity index (χ4n) is 0.934. The molecule has 15 heavy (non-hydrogen) atoms.